The SMILES string of the molecule is CC(=O)Oc1ccc(OC(=O)c2cccc(C(=O)Oc3ccc(C)cc3)c2)cc1.CP1(=O)Oc2ccccc2-c2ccccc21.CP1(=O)Oc2ccccc2-c2ccccc21. The molecule has 306 valence electrons. The molecule has 61 heavy (non-hydrogen) atoms. The van der Waals surface area contributed by atoms with Crippen molar-refractivity contribution in [2.24, 2.45) is 0 Å². The van der Waals surface area contributed by atoms with Gasteiger partial charge in [-0.2, -0.15) is 0 Å². The van der Waals surface area contributed by atoms with Gasteiger partial charge in [0.1, 0.15) is 28.7 Å². The normalized spacial score (nSPS) is 16.3. The molecule has 2 aliphatic rings. The lowest BCUT2D eigenvalue weighted by Crippen LogP contribution is -2.16. The first-order valence-electron chi connectivity index (χ1n) is 19.1. The van der Waals surface area contributed by atoms with Crippen molar-refractivity contribution in [1.82, 2.24) is 0 Å². The third-order valence-corrected chi connectivity index (χ3v) is 13.1. The predicted molar refractivity (Wildman–Crippen MR) is 237 cm³/mol. The number of esters is 3. The van der Waals surface area contributed by atoms with Crippen molar-refractivity contribution >= 4 is 43.3 Å². The molecule has 10 nitrogen and oxygen atoms in total. The van der Waals surface area contributed by atoms with Gasteiger partial charge < -0.3 is 23.3 Å². The van der Waals surface area contributed by atoms with E-state index in [0.717, 1.165) is 38.4 Å². The Kier molecular flexibility index (Phi) is 12.5. The second kappa shape index (κ2) is 18.1. The molecule has 0 aromatic heterocycles. The summed E-state index contributed by atoms with van der Waals surface area (Å²) in [6.07, 6.45) is 0. The van der Waals surface area contributed by atoms with Gasteiger partial charge in [0.15, 0.2) is 0 Å². The van der Waals surface area contributed by atoms with Crippen LogP contribution in [0.4, 0.5) is 0 Å². The summed E-state index contributed by atoms with van der Waals surface area (Å²) in [5.41, 5.74) is 5.57. The first-order valence-corrected chi connectivity index (χ1v) is 23.2. The number of ether oxygens (including phenoxy) is 3. The van der Waals surface area contributed by atoms with Crippen molar-refractivity contribution in [2.75, 3.05) is 13.3 Å². The minimum Gasteiger partial charge on any atom is -0.439 e. The second-order valence-electron chi connectivity index (χ2n) is 14.1. The molecule has 0 radical (unpaired) electrons. The lowest BCUT2D eigenvalue weighted by Gasteiger charge is -2.25. The van der Waals surface area contributed by atoms with Gasteiger partial charge in [0, 0.05) is 31.4 Å². The molecule has 0 amide bonds. The van der Waals surface area contributed by atoms with E-state index in [1.165, 1.54) is 43.3 Å². The van der Waals surface area contributed by atoms with Crippen LogP contribution in [0, 0.1) is 6.92 Å². The van der Waals surface area contributed by atoms with Crippen molar-refractivity contribution in [3.8, 4) is 51.0 Å². The first-order chi connectivity index (χ1) is 29.3. The molecular weight excluding hydrogens is 810 g/mol. The zero-order valence-corrected chi connectivity index (χ0v) is 35.4. The molecule has 0 fully saturated rings. The summed E-state index contributed by atoms with van der Waals surface area (Å²) in [7, 11) is -5.42. The average molecular weight is 851 g/mol. The molecule has 9 rings (SSSR count). The maximum Gasteiger partial charge on any atom is 0.343 e. The van der Waals surface area contributed by atoms with E-state index in [-0.39, 0.29) is 16.9 Å². The zero-order chi connectivity index (χ0) is 43.1. The minimum absolute atomic E-state index is 0.201. The van der Waals surface area contributed by atoms with Gasteiger partial charge in [-0.25, -0.2) is 9.59 Å². The highest BCUT2D eigenvalue weighted by molar-refractivity contribution is 7.67. The molecule has 2 unspecified atom stereocenters. The number of carbonyl (C=O) groups excluding carboxylic acids is 3. The van der Waals surface area contributed by atoms with E-state index in [1.54, 1.807) is 37.6 Å². The van der Waals surface area contributed by atoms with Crippen LogP contribution < -0.4 is 33.9 Å². The van der Waals surface area contributed by atoms with E-state index >= 15 is 0 Å². The Hall–Kier alpha value is -6.99. The first kappa shape index (κ1) is 42.1. The Morgan fingerprint density at radius 1 is 0.443 bits per heavy atom. The molecule has 2 aliphatic heterocycles. The van der Waals surface area contributed by atoms with E-state index in [2.05, 4.69) is 0 Å². The highest BCUT2D eigenvalue weighted by Gasteiger charge is 2.32. The van der Waals surface area contributed by atoms with Crippen molar-refractivity contribution in [3.63, 3.8) is 0 Å². The van der Waals surface area contributed by atoms with Crippen molar-refractivity contribution in [3.05, 3.63) is 187 Å². The molecule has 0 bridgehead atoms. The van der Waals surface area contributed by atoms with Crippen LogP contribution in [0.25, 0.3) is 22.3 Å². The summed E-state index contributed by atoms with van der Waals surface area (Å²) >= 11 is 0. The maximum atomic E-state index is 12.4. The molecule has 0 N–H and O–H groups in total. The zero-order valence-electron chi connectivity index (χ0n) is 33.6. The maximum absolute atomic E-state index is 12.4. The largest absolute Gasteiger partial charge is 0.439 e. The quantitative estimate of drug-likeness (QED) is 0.0936. The third-order valence-electron chi connectivity index (χ3n) is 9.44. The molecule has 0 saturated heterocycles. The van der Waals surface area contributed by atoms with Crippen molar-refractivity contribution < 1.29 is 46.8 Å². The molecule has 2 heterocycles. The molecule has 0 saturated carbocycles. The molecule has 7 aromatic rings. The van der Waals surface area contributed by atoms with E-state index < -0.39 is 32.6 Å². The van der Waals surface area contributed by atoms with Gasteiger partial charge in [-0.15, -0.1) is 0 Å². The minimum atomic E-state index is -2.71. The smallest absolute Gasteiger partial charge is 0.343 e. The highest BCUT2D eigenvalue weighted by Crippen LogP contribution is 2.52. The monoisotopic (exact) mass is 850 g/mol. The van der Waals surface area contributed by atoms with Crippen LogP contribution in [-0.2, 0) is 13.9 Å². The lowest BCUT2D eigenvalue weighted by molar-refractivity contribution is -0.131. The summed E-state index contributed by atoms with van der Waals surface area (Å²) in [5, 5.41) is 1.63. The van der Waals surface area contributed by atoms with Crippen LogP contribution in [0.2, 0.25) is 0 Å². The average Bonchev–Trinajstić information content (AvgIpc) is 3.25. The van der Waals surface area contributed by atoms with Gasteiger partial charge in [-0.3, -0.25) is 13.9 Å². The number of rotatable bonds is 5. The Morgan fingerprint density at radius 2 is 0.803 bits per heavy atom. The van der Waals surface area contributed by atoms with Crippen LogP contribution >= 0.6 is 14.7 Å². The predicted octanol–water partition coefficient (Wildman–Crippen LogP) is 10.9. The number of fused-ring (bicyclic) bond motifs is 6. The van der Waals surface area contributed by atoms with E-state index in [4.69, 9.17) is 23.3 Å². The summed E-state index contributed by atoms with van der Waals surface area (Å²) in [5.74, 6) is 0.825. The number of carbonyl (C=O) groups is 3. The Bertz CT molecular complexity index is 2740. The fourth-order valence-electron chi connectivity index (χ4n) is 6.58. The number of hydrogen-bond acceptors (Lipinski definition) is 10. The van der Waals surface area contributed by atoms with Gasteiger partial charge in [-0.05, 0) is 96.9 Å². The number of para-hydroxylation sites is 2. The van der Waals surface area contributed by atoms with Crippen LogP contribution in [-0.4, -0.2) is 31.2 Å². The Morgan fingerprint density at radius 3 is 1.23 bits per heavy atom. The van der Waals surface area contributed by atoms with Crippen LogP contribution in [0.1, 0.15) is 33.2 Å². The molecule has 0 spiro atoms. The van der Waals surface area contributed by atoms with E-state index in [1.807, 2.05) is 116 Å². The lowest BCUT2D eigenvalue weighted by atomic mass is 10.0. The number of aryl methyl sites for hydroxylation is 1. The van der Waals surface area contributed by atoms with Crippen molar-refractivity contribution in [1.29, 1.82) is 0 Å². The molecular formula is C49H40O10P2. The molecule has 0 aliphatic carbocycles. The van der Waals surface area contributed by atoms with E-state index in [9.17, 15) is 23.5 Å². The van der Waals surface area contributed by atoms with Gasteiger partial charge in [0.25, 0.3) is 14.7 Å². The van der Waals surface area contributed by atoms with Crippen LogP contribution in [0.3, 0.4) is 0 Å². The van der Waals surface area contributed by atoms with Crippen LogP contribution in [0.15, 0.2) is 170 Å². The van der Waals surface area contributed by atoms with E-state index in [0.29, 0.717) is 23.0 Å². The summed E-state index contributed by atoms with van der Waals surface area (Å²) in [6, 6.07) is 50.1. The molecule has 12 heteroatoms. The van der Waals surface area contributed by atoms with Crippen molar-refractivity contribution in [2.45, 2.75) is 13.8 Å². The highest BCUT2D eigenvalue weighted by atomic mass is 31.2. The standard InChI is InChI=1S/C23H18O6.2C13H11O2P/c1-15-6-8-20(9-7-15)28-22(25)17-4-3-5-18(14-17)23(26)29-21-12-10-19(11-13-21)27-16(2)24;2*1-16(14)13-9-5-3-7-11(13)10-6-2-4-8-12(10)15-16/h3-14H,1-2H3;2*2-9H,1H3. The van der Waals surface area contributed by atoms with Crippen LogP contribution in [0.5, 0.6) is 28.7 Å². The summed E-state index contributed by atoms with van der Waals surface area (Å²) in [6.45, 7) is 6.57. The van der Waals surface area contributed by atoms with Gasteiger partial charge >= 0.3 is 17.9 Å². The molecule has 2 atom stereocenters. The van der Waals surface area contributed by atoms with Gasteiger partial charge in [-0.1, -0.05) is 96.6 Å². The third kappa shape index (κ3) is 10.1. The molecule has 7 aromatic carbocycles. The Labute approximate surface area is 353 Å². The number of hydrogen-bond donors (Lipinski definition) is 0. The van der Waals surface area contributed by atoms with Gasteiger partial charge in [0.2, 0.25) is 0 Å². The topological polar surface area (TPSA) is 132 Å². The summed E-state index contributed by atoms with van der Waals surface area (Å²) < 4.78 is 51.5. The second-order valence-corrected chi connectivity index (χ2v) is 18.9. The summed E-state index contributed by atoms with van der Waals surface area (Å²) in [4.78, 5) is 35.7. The fourth-order valence-corrected chi connectivity index (χ4v) is 9.82. The van der Waals surface area contributed by atoms with Gasteiger partial charge in [0.05, 0.1) is 21.7 Å². The number of benzene rings is 7. The fraction of sp³-hybridized carbons (Fsp3) is 0.0816. The Balaban J connectivity index is 0.000000148.